The Morgan fingerprint density at radius 1 is 1.24 bits per heavy atom. The van der Waals surface area contributed by atoms with E-state index >= 15 is 0 Å². The highest BCUT2D eigenvalue weighted by Gasteiger charge is 2.15. The summed E-state index contributed by atoms with van der Waals surface area (Å²) in [6, 6.07) is 5.69. The maximum atomic E-state index is 6.13. The summed E-state index contributed by atoms with van der Waals surface area (Å²) in [6.45, 7) is 7.11. The monoisotopic (exact) mass is 368 g/mol. The van der Waals surface area contributed by atoms with Gasteiger partial charge < -0.3 is 10.6 Å². The average molecular weight is 370 g/mol. The Kier molecular flexibility index (Phi) is 5.42. The Balaban J connectivity index is 2.44. The van der Waals surface area contributed by atoms with Crippen LogP contribution in [-0.4, -0.2) is 16.5 Å². The van der Waals surface area contributed by atoms with Gasteiger partial charge in [0.2, 0.25) is 0 Å². The maximum absolute atomic E-state index is 6.13. The van der Waals surface area contributed by atoms with Crippen molar-refractivity contribution < 1.29 is 0 Å². The maximum Gasteiger partial charge on any atom is 0.139 e. The Hall–Kier alpha value is -1.33. The highest BCUT2D eigenvalue weighted by Crippen LogP contribution is 2.35. The molecule has 2 rings (SSSR count). The van der Waals surface area contributed by atoms with Crippen LogP contribution in [0, 0.1) is 0 Å². The molecule has 0 aliphatic rings. The lowest BCUT2D eigenvalue weighted by Crippen LogP contribution is -2.09. The molecule has 0 spiro atoms. The van der Waals surface area contributed by atoms with Crippen molar-refractivity contribution in [3.05, 3.63) is 39.6 Å². The summed E-state index contributed by atoms with van der Waals surface area (Å²) >= 11 is 9.63. The number of benzene rings is 1. The van der Waals surface area contributed by atoms with Crippen molar-refractivity contribution in [2.75, 3.05) is 17.2 Å². The Morgan fingerprint density at radius 2 is 1.95 bits per heavy atom. The van der Waals surface area contributed by atoms with Gasteiger partial charge in [-0.3, -0.25) is 0 Å². The fourth-order valence-corrected chi connectivity index (χ4v) is 2.62. The number of aromatic nitrogens is 2. The first-order valence-electron chi connectivity index (χ1n) is 6.84. The molecule has 0 bridgehead atoms. The van der Waals surface area contributed by atoms with Gasteiger partial charge >= 0.3 is 0 Å². The second-order valence-electron chi connectivity index (χ2n) is 4.90. The van der Waals surface area contributed by atoms with Gasteiger partial charge in [0.25, 0.3) is 0 Å². The lowest BCUT2D eigenvalue weighted by Gasteiger charge is -2.18. The summed E-state index contributed by atoms with van der Waals surface area (Å²) in [5.74, 6) is 1.95. The first kappa shape index (κ1) is 16.0. The van der Waals surface area contributed by atoms with Crippen molar-refractivity contribution in [3.8, 4) is 0 Å². The molecule has 1 aromatic heterocycles. The molecular weight excluding hydrogens is 352 g/mol. The lowest BCUT2D eigenvalue weighted by molar-refractivity contribution is 0.849. The van der Waals surface area contributed by atoms with E-state index in [1.807, 2.05) is 25.1 Å². The van der Waals surface area contributed by atoms with E-state index in [1.165, 1.54) is 0 Å². The zero-order valence-electron chi connectivity index (χ0n) is 12.2. The molecule has 1 heterocycles. The minimum Gasteiger partial charge on any atom is -0.370 e. The average Bonchev–Trinajstić information content (AvgIpc) is 2.44. The van der Waals surface area contributed by atoms with Crippen molar-refractivity contribution in [3.63, 3.8) is 0 Å². The molecular formula is C15H18BrClN4. The molecule has 0 unspecified atom stereocenters. The third-order valence-corrected chi connectivity index (χ3v) is 4.41. The number of anilines is 3. The quantitative estimate of drug-likeness (QED) is 0.761. The van der Waals surface area contributed by atoms with Gasteiger partial charge in [-0.05, 0) is 40.9 Å². The Labute approximate surface area is 138 Å². The molecule has 0 aliphatic carbocycles. The van der Waals surface area contributed by atoms with Gasteiger partial charge in [0.05, 0.1) is 15.2 Å². The standard InChI is InChI=1S/C15H18BrClN4/c1-4-18-14-12(9(2)3)15(20-8-19-14)21-11-7-5-6-10(17)13(11)16/h5-9H,4H2,1-3H3,(H2,18,19,20,21). The number of rotatable bonds is 5. The molecule has 112 valence electrons. The van der Waals surface area contributed by atoms with Gasteiger partial charge in [0, 0.05) is 12.1 Å². The number of hydrogen-bond acceptors (Lipinski definition) is 4. The van der Waals surface area contributed by atoms with E-state index in [4.69, 9.17) is 11.6 Å². The molecule has 2 N–H and O–H groups in total. The molecule has 6 heteroatoms. The fourth-order valence-electron chi connectivity index (χ4n) is 2.08. The molecule has 1 aromatic carbocycles. The number of hydrogen-bond donors (Lipinski definition) is 2. The normalized spacial score (nSPS) is 10.8. The van der Waals surface area contributed by atoms with Crippen LogP contribution in [0.2, 0.25) is 5.02 Å². The highest BCUT2D eigenvalue weighted by molar-refractivity contribution is 9.10. The van der Waals surface area contributed by atoms with Gasteiger partial charge in [-0.25, -0.2) is 9.97 Å². The van der Waals surface area contributed by atoms with Gasteiger partial charge in [-0.2, -0.15) is 0 Å². The van der Waals surface area contributed by atoms with Crippen LogP contribution in [0.4, 0.5) is 17.3 Å². The summed E-state index contributed by atoms with van der Waals surface area (Å²) in [6.07, 6.45) is 1.56. The summed E-state index contributed by atoms with van der Waals surface area (Å²) < 4.78 is 0.824. The van der Waals surface area contributed by atoms with E-state index in [9.17, 15) is 0 Å². The number of halogens is 2. The van der Waals surface area contributed by atoms with Crippen LogP contribution in [0.3, 0.4) is 0 Å². The van der Waals surface area contributed by atoms with Crippen LogP contribution < -0.4 is 10.6 Å². The van der Waals surface area contributed by atoms with Gasteiger partial charge in [0.15, 0.2) is 0 Å². The van der Waals surface area contributed by atoms with Gasteiger partial charge in [-0.15, -0.1) is 0 Å². The highest BCUT2D eigenvalue weighted by atomic mass is 79.9. The van der Waals surface area contributed by atoms with Crippen molar-refractivity contribution in [2.24, 2.45) is 0 Å². The smallest absolute Gasteiger partial charge is 0.139 e. The Morgan fingerprint density at radius 3 is 2.62 bits per heavy atom. The van der Waals surface area contributed by atoms with E-state index < -0.39 is 0 Å². The number of nitrogens with zero attached hydrogens (tertiary/aromatic N) is 2. The van der Waals surface area contributed by atoms with Crippen LogP contribution >= 0.6 is 27.5 Å². The minimum absolute atomic E-state index is 0.292. The Bertz CT molecular complexity index is 631. The van der Waals surface area contributed by atoms with Crippen molar-refractivity contribution >= 4 is 44.9 Å². The van der Waals surface area contributed by atoms with Crippen LogP contribution in [0.1, 0.15) is 32.3 Å². The fraction of sp³-hybridized carbons (Fsp3) is 0.333. The van der Waals surface area contributed by atoms with E-state index in [0.717, 1.165) is 33.9 Å². The largest absolute Gasteiger partial charge is 0.370 e. The zero-order valence-corrected chi connectivity index (χ0v) is 14.6. The van der Waals surface area contributed by atoms with Gasteiger partial charge in [-0.1, -0.05) is 31.5 Å². The predicted molar refractivity (Wildman–Crippen MR) is 92.7 cm³/mol. The predicted octanol–water partition coefficient (Wildman–Crippen LogP) is 5.19. The topological polar surface area (TPSA) is 49.8 Å². The first-order chi connectivity index (χ1) is 10.0. The summed E-state index contributed by atoms with van der Waals surface area (Å²) in [5.41, 5.74) is 1.94. The molecule has 0 atom stereocenters. The van der Waals surface area contributed by atoms with Crippen molar-refractivity contribution in [1.82, 2.24) is 9.97 Å². The van der Waals surface area contributed by atoms with Crippen molar-refractivity contribution in [2.45, 2.75) is 26.7 Å². The van der Waals surface area contributed by atoms with E-state index in [-0.39, 0.29) is 0 Å². The number of nitrogens with one attached hydrogen (secondary N) is 2. The molecule has 4 nitrogen and oxygen atoms in total. The third kappa shape index (κ3) is 3.66. The van der Waals surface area contributed by atoms with Crippen molar-refractivity contribution in [1.29, 1.82) is 0 Å². The van der Waals surface area contributed by atoms with E-state index in [1.54, 1.807) is 6.33 Å². The van der Waals surface area contributed by atoms with Gasteiger partial charge in [0.1, 0.15) is 18.0 Å². The third-order valence-electron chi connectivity index (χ3n) is 3.01. The zero-order chi connectivity index (χ0) is 15.4. The summed E-state index contributed by atoms with van der Waals surface area (Å²) in [7, 11) is 0. The lowest BCUT2D eigenvalue weighted by atomic mass is 10.0. The molecule has 2 aromatic rings. The van der Waals surface area contributed by atoms with Crippen LogP contribution in [-0.2, 0) is 0 Å². The molecule has 0 aliphatic heterocycles. The van der Waals surface area contributed by atoms with Crippen LogP contribution in [0.25, 0.3) is 0 Å². The molecule has 0 radical (unpaired) electrons. The first-order valence-corrected chi connectivity index (χ1v) is 8.01. The summed E-state index contributed by atoms with van der Waals surface area (Å²) in [5, 5.41) is 7.28. The molecule has 21 heavy (non-hydrogen) atoms. The van der Waals surface area contributed by atoms with E-state index in [2.05, 4.69) is 50.4 Å². The second-order valence-corrected chi connectivity index (χ2v) is 6.10. The van der Waals surface area contributed by atoms with E-state index in [0.29, 0.717) is 10.9 Å². The molecule has 0 saturated carbocycles. The molecule has 0 saturated heterocycles. The van der Waals surface area contributed by atoms with Crippen LogP contribution in [0.15, 0.2) is 29.0 Å². The SMILES string of the molecule is CCNc1ncnc(Nc2cccc(Cl)c2Br)c1C(C)C. The second kappa shape index (κ2) is 7.09. The minimum atomic E-state index is 0.292. The molecule has 0 amide bonds. The summed E-state index contributed by atoms with van der Waals surface area (Å²) in [4.78, 5) is 8.71. The molecule has 0 fully saturated rings. The van der Waals surface area contributed by atoms with Crippen LogP contribution in [0.5, 0.6) is 0 Å².